The summed E-state index contributed by atoms with van der Waals surface area (Å²) in [6.45, 7) is 1.62. The molecule has 16 heavy (non-hydrogen) atoms. The first kappa shape index (κ1) is 11.0. The SMILES string of the molecule is CC(Cl)OC(=O)c1cccc2ccccc12. The molecule has 0 aliphatic rings. The van der Waals surface area contributed by atoms with E-state index in [9.17, 15) is 4.79 Å². The minimum atomic E-state index is -0.619. The summed E-state index contributed by atoms with van der Waals surface area (Å²) in [6, 6.07) is 13.2. The van der Waals surface area contributed by atoms with Crippen LogP contribution in [0.25, 0.3) is 10.8 Å². The second-order valence-corrected chi connectivity index (χ2v) is 4.09. The lowest BCUT2D eigenvalue weighted by atomic mass is 10.1. The second-order valence-electron chi connectivity index (χ2n) is 3.48. The molecule has 82 valence electrons. The van der Waals surface area contributed by atoms with Crippen molar-refractivity contribution < 1.29 is 9.53 Å². The number of benzene rings is 2. The monoisotopic (exact) mass is 234 g/mol. The maximum atomic E-state index is 11.8. The molecule has 3 heteroatoms. The van der Waals surface area contributed by atoms with E-state index in [0.29, 0.717) is 5.56 Å². The molecular weight excluding hydrogens is 224 g/mol. The van der Waals surface area contributed by atoms with Crippen molar-refractivity contribution >= 4 is 28.3 Å². The van der Waals surface area contributed by atoms with Gasteiger partial charge in [-0.25, -0.2) is 4.79 Å². The van der Waals surface area contributed by atoms with Gasteiger partial charge >= 0.3 is 5.97 Å². The van der Waals surface area contributed by atoms with Crippen LogP contribution < -0.4 is 0 Å². The third-order valence-electron chi connectivity index (χ3n) is 2.28. The minimum absolute atomic E-state index is 0.390. The fourth-order valence-electron chi connectivity index (χ4n) is 1.61. The van der Waals surface area contributed by atoms with Gasteiger partial charge in [-0.3, -0.25) is 0 Å². The zero-order valence-electron chi connectivity index (χ0n) is 8.81. The molecule has 0 amide bonds. The fraction of sp³-hybridized carbons (Fsp3) is 0.154. The summed E-state index contributed by atoms with van der Waals surface area (Å²) in [5.74, 6) is -0.390. The quantitative estimate of drug-likeness (QED) is 0.587. The zero-order valence-corrected chi connectivity index (χ0v) is 9.57. The van der Waals surface area contributed by atoms with Crippen LogP contribution in [0, 0.1) is 0 Å². The second kappa shape index (κ2) is 4.54. The summed E-state index contributed by atoms with van der Waals surface area (Å²) in [4.78, 5) is 11.8. The van der Waals surface area contributed by atoms with Crippen molar-refractivity contribution in [1.82, 2.24) is 0 Å². The number of hydrogen-bond donors (Lipinski definition) is 0. The Morgan fingerprint density at radius 1 is 1.19 bits per heavy atom. The zero-order chi connectivity index (χ0) is 11.5. The van der Waals surface area contributed by atoms with Gasteiger partial charge in [-0.2, -0.15) is 0 Å². The van der Waals surface area contributed by atoms with Crippen molar-refractivity contribution in [1.29, 1.82) is 0 Å². The molecule has 0 aliphatic heterocycles. The predicted octanol–water partition coefficient (Wildman–Crippen LogP) is 3.58. The first-order valence-electron chi connectivity index (χ1n) is 5.01. The van der Waals surface area contributed by atoms with Gasteiger partial charge in [-0.15, -0.1) is 0 Å². The van der Waals surface area contributed by atoms with E-state index >= 15 is 0 Å². The number of esters is 1. The van der Waals surface area contributed by atoms with Crippen molar-refractivity contribution in [2.45, 2.75) is 12.5 Å². The molecule has 0 saturated carbocycles. The maximum absolute atomic E-state index is 11.8. The lowest BCUT2D eigenvalue weighted by Crippen LogP contribution is -2.10. The molecule has 0 saturated heterocycles. The number of rotatable bonds is 2. The van der Waals surface area contributed by atoms with E-state index in [2.05, 4.69) is 0 Å². The third kappa shape index (κ3) is 2.17. The fourth-order valence-corrected chi connectivity index (χ4v) is 1.70. The normalized spacial score (nSPS) is 12.4. The smallest absolute Gasteiger partial charge is 0.340 e. The molecule has 0 aromatic heterocycles. The number of fused-ring (bicyclic) bond motifs is 1. The third-order valence-corrected chi connectivity index (χ3v) is 2.37. The van der Waals surface area contributed by atoms with Crippen LogP contribution in [0.5, 0.6) is 0 Å². The highest BCUT2D eigenvalue weighted by molar-refractivity contribution is 6.20. The molecule has 0 spiro atoms. The van der Waals surface area contributed by atoms with Crippen molar-refractivity contribution in [3.8, 4) is 0 Å². The minimum Gasteiger partial charge on any atom is -0.443 e. The van der Waals surface area contributed by atoms with E-state index in [1.54, 1.807) is 13.0 Å². The number of carbonyl (C=O) groups excluding carboxylic acids is 1. The molecule has 2 aromatic carbocycles. The summed E-state index contributed by atoms with van der Waals surface area (Å²) in [5.41, 5.74) is -0.0722. The van der Waals surface area contributed by atoms with Gasteiger partial charge in [0.05, 0.1) is 5.56 Å². The van der Waals surface area contributed by atoms with Crippen LogP contribution in [0.1, 0.15) is 17.3 Å². The summed E-state index contributed by atoms with van der Waals surface area (Å²) < 4.78 is 4.97. The summed E-state index contributed by atoms with van der Waals surface area (Å²) >= 11 is 5.63. The van der Waals surface area contributed by atoms with Crippen LogP contribution in [0.3, 0.4) is 0 Å². The van der Waals surface area contributed by atoms with Gasteiger partial charge in [0.25, 0.3) is 0 Å². The van der Waals surface area contributed by atoms with Crippen LogP contribution in [0.2, 0.25) is 0 Å². The molecule has 2 rings (SSSR count). The molecule has 0 radical (unpaired) electrons. The van der Waals surface area contributed by atoms with Crippen LogP contribution in [-0.4, -0.2) is 11.5 Å². The molecule has 1 unspecified atom stereocenters. The standard InChI is InChI=1S/C13H11ClO2/c1-9(14)16-13(15)12-8-4-6-10-5-2-3-7-11(10)12/h2-9H,1H3. The van der Waals surface area contributed by atoms with E-state index in [0.717, 1.165) is 10.8 Å². The Morgan fingerprint density at radius 2 is 1.88 bits per heavy atom. The average Bonchev–Trinajstić information content (AvgIpc) is 2.27. The summed E-state index contributed by atoms with van der Waals surface area (Å²) in [6.07, 6.45) is 0. The van der Waals surface area contributed by atoms with Crippen LogP contribution in [-0.2, 0) is 4.74 Å². The Labute approximate surface area is 98.8 Å². The van der Waals surface area contributed by atoms with Crippen LogP contribution in [0.15, 0.2) is 42.5 Å². The molecule has 0 aliphatic carbocycles. The van der Waals surface area contributed by atoms with Crippen molar-refractivity contribution in [3.05, 3.63) is 48.0 Å². The predicted molar refractivity (Wildman–Crippen MR) is 64.7 cm³/mol. The number of alkyl halides is 1. The average molecular weight is 235 g/mol. The van der Waals surface area contributed by atoms with Crippen LogP contribution >= 0.6 is 11.6 Å². The Balaban J connectivity index is 2.48. The van der Waals surface area contributed by atoms with E-state index in [1.807, 2.05) is 36.4 Å². The lowest BCUT2D eigenvalue weighted by Gasteiger charge is -2.08. The molecule has 2 nitrogen and oxygen atoms in total. The molecule has 0 bridgehead atoms. The van der Waals surface area contributed by atoms with E-state index in [-0.39, 0.29) is 5.97 Å². The number of halogens is 1. The molecule has 1 atom stereocenters. The Bertz CT molecular complexity index is 515. The van der Waals surface area contributed by atoms with Gasteiger partial charge in [-0.1, -0.05) is 48.0 Å². The lowest BCUT2D eigenvalue weighted by molar-refractivity contribution is 0.0474. The van der Waals surface area contributed by atoms with Gasteiger partial charge in [0.1, 0.15) is 0 Å². The van der Waals surface area contributed by atoms with E-state index in [1.165, 1.54) is 0 Å². The van der Waals surface area contributed by atoms with Gasteiger partial charge in [-0.05, 0) is 23.8 Å². The van der Waals surface area contributed by atoms with Crippen LogP contribution in [0.4, 0.5) is 0 Å². The van der Waals surface area contributed by atoms with Crippen molar-refractivity contribution in [2.75, 3.05) is 0 Å². The molecule has 0 heterocycles. The van der Waals surface area contributed by atoms with Crippen molar-refractivity contribution in [3.63, 3.8) is 0 Å². The topological polar surface area (TPSA) is 26.3 Å². The Hall–Kier alpha value is -1.54. The maximum Gasteiger partial charge on any atom is 0.340 e. The van der Waals surface area contributed by atoms with Gasteiger partial charge < -0.3 is 4.74 Å². The number of hydrogen-bond acceptors (Lipinski definition) is 2. The largest absolute Gasteiger partial charge is 0.443 e. The van der Waals surface area contributed by atoms with E-state index in [4.69, 9.17) is 16.3 Å². The molecule has 0 N–H and O–H groups in total. The Morgan fingerprint density at radius 3 is 2.62 bits per heavy atom. The molecule has 0 fully saturated rings. The van der Waals surface area contributed by atoms with E-state index < -0.39 is 5.56 Å². The van der Waals surface area contributed by atoms with Gasteiger partial charge in [0.2, 0.25) is 0 Å². The summed E-state index contributed by atoms with van der Waals surface area (Å²) in [5, 5.41) is 1.89. The first-order valence-corrected chi connectivity index (χ1v) is 5.45. The number of ether oxygens (including phenoxy) is 1. The highest BCUT2D eigenvalue weighted by atomic mass is 35.5. The van der Waals surface area contributed by atoms with Gasteiger partial charge in [0, 0.05) is 0 Å². The highest BCUT2D eigenvalue weighted by Gasteiger charge is 2.12. The van der Waals surface area contributed by atoms with Crippen molar-refractivity contribution in [2.24, 2.45) is 0 Å². The highest BCUT2D eigenvalue weighted by Crippen LogP contribution is 2.19. The Kier molecular flexibility index (Phi) is 3.11. The van der Waals surface area contributed by atoms with Gasteiger partial charge in [0.15, 0.2) is 5.56 Å². The summed E-state index contributed by atoms with van der Waals surface area (Å²) in [7, 11) is 0. The molecule has 2 aromatic rings. The number of carbonyl (C=O) groups is 1. The molecular formula is C13H11ClO2. The first-order chi connectivity index (χ1) is 7.68.